The second-order valence-corrected chi connectivity index (χ2v) is 10.1. The minimum Gasteiger partial charge on any atom is -0.497 e. The minimum absolute atomic E-state index is 0.0625. The third kappa shape index (κ3) is 5.72. The van der Waals surface area contributed by atoms with E-state index in [-0.39, 0.29) is 24.0 Å². The van der Waals surface area contributed by atoms with E-state index in [2.05, 4.69) is 10.4 Å². The number of methoxy groups -OCH3 is 1. The van der Waals surface area contributed by atoms with Crippen LogP contribution in [0.5, 0.6) is 5.75 Å². The number of hydrogen-bond donors (Lipinski definition) is 1. The van der Waals surface area contributed by atoms with Crippen molar-refractivity contribution in [3.63, 3.8) is 0 Å². The molecule has 0 bridgehead atoms. The molecule has 1 aliphatic heterocycles. The van der Waals surface area contributed by atoms with Crippen LogP contribution in [0.4, 0.5) is 5.82 Å². The Labute approximate surface area is 193 Å². The third-order valence-electron chi connectivity index (χ3n) is 5.56. The predicted molar refractivity (Wildman–Crippen MR) is 121 cm³/mol. The monoisotopic (exact) mass is 478 g/mol. The number of hydrogen-bond acceptors (Lipinski definition) is 7. The number of ether oxygens (including phenoxy) is 2. The number of sulfonamides is 1. The Morgan fingerprint density at radius 1 is 1.09 bits per heavy atom. The highest BCUT2D eigenvalue weighted by molar-refractivity contribution is 7.89. The fourth-order valence-corrected chi connectivity index (χ4v) is 5.07. The van der Waals surface area contributed by atoms with Gasteiger partial charge < -0.3 is 14.8 Å². The number of nitrogens with zero attached hydrogens (tertiary/aromatic N) is 3. The Balaban J connectivity index is 1.53. The zero-order chi connectivity index (χ0) is 24.2. The number of esters is 1. The lowest BCUT2D eigenvalue weighted by Crippen LogP contribution is -2.41. The number of amides is 1. The fourth-order valence-electron chi connectivity index (χ4n) is 3.61. The predicted octanol–water partition coefficient (Wildman–Crippen LogP) is 2.44. The molecule has 0 aliphatic carbocycles. The summed E-state index contributed by atoms with van der Waals surface area (Å²) in [5.41, 5.74) is 0. The molecule has 3 rings (SSSR count). The number of anilines is 1. The molecule has 1 saturated heterocycles. The molecule has 11 heteroatoms. The van der Waals surface area contributed by atoms with Crippen LogP contribution in [0, 0.1) is 5.92 Å². The van der Waals surface area contributed by atoms with Crippen LogP contribution >= 0.6 is 0 Å². The summed E-state index contributed by atoms with van der Waals surface area (Å²) in [7, 11) is -2.15. The molecular formula is C22H30N4O6S. The summed E-state index contributed by atoms with van der Waals surface area (Å²) in [6.07, 6.45) is 1.24. The van der Waals surface area contributed by atoms with Gasteiger partial charge in [-0.3, -0.25) is 9.59 Å². The third-order valence-corrected chi connectivity index (χ3v) is 7.47. The van der Waals surface area contributed by atoms with E-state index in [0.717, 1.165) is 0 Å². The second-order valence-electron chi connectivity index (χ2n) is 8.18. The topological polar surface area (TPSA) is 120 Å². The van der Waals surface area contributed by atoms with Gasteiger partial charge in [0.25, 0.3) is 5.91 Å². The first-order valence-corrected chi connectivity index (χ1v) is 12.3. The molecule has 0 saturated carbocycles. The number of piperidine rings is 1. The van der Waals surface area contributed by atoms with Gasteiger partial charge in [0.15, 0.2) is 6.10 Å². The van der Waals surface area contributed by atoms with Crippen LogP contribution in [0.1, 0.15) is 39.7 Å². The molecule has 2 heterocycles. The lowest BCUT2D eigenvalue weighted by Gasteiger charge is -2.30. The maximum atomic E-state index is 12.9. The summed E-state index contributed by atoms with van der Waals surface area (Å²) in [6, 6.07) is 7.92. The van der Waals surface area contributed by atoms with E-state index >= 15 is 0 Å². The van der Waals surface area contributed by atoms with Crippen molar-refractivity contribution in [1.82, 2.24) is 14.1 Å². The van der Waals surface area contributed by atoms with Crippen molar-refractivity contribution in [3.05, 3.63) is 36.5 Å². The van der Waals surface area contributed by atoms with Crippen molar-refractivity contribution in [2.45, 2.75) is 50.7 Å². The molecule has 1 aliphatic rings. The second kappa shape index (κ2) is 10.3. The van der Waals surface area contributed by atoms with Gasteiger partial charge in [-0.05, 0) is 57.9 Å². The van der Waals surface area contributed by atoms with E-state index in [1.54, 1.807) is 29.1 Å². The summed E-state index contributed by atoms with van der Waals surface area (Å²) >= 11 is 0. The van der Waals surface area contributed by atoms with Gasteiger partial charge in [0.1, 0.15) is 11.6 Å². The molecule has 180 valence electrons. The number of benzene rings is 1. The zero-order valence-electron chi connectivity index (χ0n) is 19.2. The van der Waals surface area contributed by atoms with Crippen LogP contribution in [0.3, 0.4) is 0 Å². The number of carbonyl (C=O) groups is 2. The summed E-state index contributed by atoms with van der Waals surface area (Å²) < 4.78 is 39.2. The van der Waals surface area contributed by atoms with E-state index in [1.807, 2.05) is 13.8 Å². The van der Waals surface area contributed by atoms with E-state index in [4.69, 9.17) is 9.47 Å². The van der Waals surface area contributed by atoms with Gasteiger partial charge in [0.2, 0.25) is 10.0 Å². The van der Waals surface area contributed by atoms with E-state index in [9.17, 15) is 18.0 Å². The molecule has 1 atom stereocenters. The van der Waals surface area contributed by atoms with Crippen molar-refractivity contribution in [2.24, 2.45) is 5.92 Å². The maximum Gasteiger partial charge on any atom is 0.309 e. The molecule has 1 amide bonds. The lowest BCUT2D eigenvalue weighted by atomic mass is 9.98. The summed E-state index contributed by atoms with van der Waals surface area (Å²) in [6.45, 7) is 5.78. The van der Waals surface area contributed by atoms with Gasteiger partial charge >= 0.3 is 5.97 Å². The molecule has 1 unspecified atom stereocenters. The Bertz CT molecular complexity index is 1070. The van der Waals surface area contributed by atoms with Gasteiger partial charge in [-0.15, -0.1) is 0 Å². The Kier molecular flexibility index (Phi) is 7.75. The molecule has 2 aromatic rings. The summed E-state index contributed by atoms with van der Waals surface area (Å²) in [5.74, 6) is -0.331. The molecule has 0 spiro atoms. The number of carbonyl (C=O) groups excluding carboxylic acids is 2. The molecule has 0 radical (unpaired) electrons. The van der Waals surface area contributed by atoms with Crippen molar-refractivity contribution in [2.75, 3.05) is 25.5 Å². The van der Waals surface area contributed by atoms with Gasteiger partial charge in [0, 0.05) is 25.2 Å². The highest BCUT2D eigenvalue weighted by Gasteiger charge is 2.34. The van der Waals surface area contributed by atoms with Crippen molar-refractivity contribution in [1.29, 1.82) is 0 Å². The summed E-state index contributed by atoms with van der Waals surface area (Å²) in [4.78, 5) is 25.2. The first kappa shape index (κ1) is 24.7. The molecule has 10 nitrogen and oxygen atoms in total. The number of rotatable bonds is 8. The van der Waals surface area contributed by atoms with Crippen LogP contribution in [-0.4, -0.2) is 60.7 Å². The van der Waals surface area contributed by atoms with Crippen molar-refractivity contribution < 1.29 is 27.5 Å². The van der Waals surface area contributed by atoms with Gasteiger partial charge in [-0.25, -0.2) is 13.1 Å². The summed E-state index contributed by atoms with van der Waals surface area (Å²) in [5, 5.41) is 6.88. The Morgan fingerprint density at radius 2 is 1.73 bits per heavy atom. The standard InChI is InChI=1S/C22H30N4O6S/c1-15(2)26-20(9-12-23-26)24-21(27)16(3)32-22(28)17-10-13-25(14-11-17)33(29,30)19-7-5-18(31-4)6-8-19/h5-9,12,15-17H,10-11,13-14H2,1-4H3,(H,24,27). The average molecular weight is 479 g/mol. The lowest BCUT2D eigenvalue weighted by molar-refractivity contribution is -0.158. The van der Waals surface area contributed by atoms with Crippen LogP contribution in [0.2, 0.25) is 0 Å². The smallest absolute Gasteiger partial charge is 0.309 e. The van der Waals surface area contributed by atoms with Crippen LogP contribution in [0.25, 0.3) is 0 Å². The SMILES string of the molecule is COc1ccc(S(=O)(=O)N2CCC(C(=O)OC(C)C(=O)Nc3ccnn3C(C)C)CC2)cc1. The van der Waals surface area contributed by atoms with E-state index < -0.39 is 33.9 Å². The maximum absolute atomic E-state index is 12.9. The van der Waals surface area contributed by atoms with Crippen LogP contribution < -0.4 is 10.1 Å². The van der Waals surface area contributed by atoms with Crippen LogP contribution in [-0.2, 0) is 24.3 Å². The largest absolute Gasteiger partial charge is 0.497 e. The molecule has 1 aromatic heterocycles. The molecular weight excluding hydrogens is 448 g/mol. The fraction of sp³-hybridized carbons (Fsp3) is 0.500. The van der Waals surface area contributed by atoms with E-state index in [1.165, 1.54) is 30.5 Å². The first-order chi connectivity index (χ1) is 15.6. The average Bonchev–Trinajstić information content (AvgIpc) is 3.27. The zero-order valence-corrected chi connectivity index (χ0v) is 20.0. The normalized spacial score (nSPS) is 16.4. The van der Waals surface area contributed by atoms with Gasteiger partial charge in [-0.2, -0.15) is 9.40 Å². The van der Waals surface area contributed by atoms with E-state index in [0.29, 0.717) is 24.4 Å². The van der Waals surface area contributed by atoms with Gasteiger partial charge in [-0.1, -0.05) is 0 Å². The Morgan fingerprint density at radius 3 is 2.30 bits per heavy atom. The number of aromatic nitrogens is 2. The first-order valence-electron chi connectivity index (χ1n) is 10.8. The Hall–Kier alpha value is -2.92. The molecule has 1 fully saturated rings. The molecule has 33 heavy (non-hydrogen) atoms. The van der Waals surface area contributed by atoms with Crippen molar-refractivity contribution >= 4 is 27.7 Å². The number of nitrogens with one attached hydrogen (secondary N) is 1. The van der Waals surface area contributed by atoms with Crippen molar-refractivity contribution in [3.8, 4) is 5.75 Å². The van der Waals surface area contributed by atoms with Crippen LogP contribution in [0.15, 0.2) is 41.4 Å². The molecule has 1 aromatic carbocycles. The quantitative estimate of drug-likeness (QED) is 0.579. The minimum atomic E-state index is -3.66. The van der Waals surface area contributed by atoms with Gasteiger partial charge in [0.05, 0.1) is 24.1 Å². The highest BCUT2D eigenvalue weighted by Crippen LogP contribution is 2.26. The molecule has 1 N–H and O–H groups in total. The highest BCUT2D eigenvalue weighted by atomic mass is 32.2.